The lowest BCUT2D eigenvalue weighted by Gasteiger charge is -2.10. The molecule has 0 spiro atoms. The fourth-order valence-corrected chi connectivity index (χ4v) is 3.16. The highest BCUT2D eigenvalue weighted by molar-refractivity contribution is 7.16. The van der Waals surface area contributed by atoms with Crippen molar-refractivity contribution in [3.8, 4) is 11.5 Å². The zero-order valence-corrected chi connectivity index (χ0v) is 15.2. The molecule has 0 atom stereocenters. The van der Waals surface area contributed by atoms with E-state index in [4.69, 9.17) is 9.47 Å². The van der Waals surface area contributed by atoms with Crippen molar-refractivity contribution in [3.63, 3.8) is 0 Å². The Labute approximate surface area is 149 Å². The van der Waals surface area contributed by atoms with E-state index in [1.807, 2.05) is 30.5 Å². The van der Waals surface area contributed by atoms with Crippen molar-refractivity contribution in [1.82, 2.24) is 9.66 Å². The van der Waals surface area contributed by atoms with Gasteiger partial charge < -0.3 is 9.47 Å². The molecule has 0 fully saturated rings. The fraction of sp³-hybridized carbons (Fsp3) is 0.278. The van der Waals surface area contributed by atoms with Crippen LogP contribution in [0.1, 0.15) is 24.7 Å². The third-order valence-corrected chi connectivity index (χ3v) is 4.42. The molecule has 0 aliphatic carbocycles. The minimum Gasteiger partial charge on any atom is -0.493 e. The lowest BCUT2D eigenvalue weighted by atomic mass is 10.2. The second-order valence-electron chi connectivity index (χ2n) is 5.42. The molecule has 6 nitrogen and oxygen atoms in total. The summed E-state index contributed by atoms with van der Waals surface area (Å²) in [7, 11) is 1.60. The van der Waals surface area contributed by atoms with Crippen molar-refractivity contribution in [2.75, 3.05) is 13.7 Å². The number of rotatable bonds is 6. The molecular formula is C18H19N3O3S. The predicted molar refractivity (Wildman–Crippen MR) is 100 cm³/mol. The first kappa shape index (κ1) is 17.2. The van der Waals surface area contributed by atoms with Crippen LogP contribution in [0.25, 0.3) is 10.2 Å². The maximum Gasteiger partial charge on any atom is 0.282 e. The standard InChI is InChI=1S/C18H19N3O3S/c1-4-8-24-15-6-5-13(10-16(15)23-3)11-19-21-12(2)20-17-14(18(21)22)7-9-25-17/h5-7,9-11H,4,8H2,1-3H3. The zero-order chi connectivity index (χ0) is 17.8. The van der Waals surface area contributed by atoms with Crippen LogP contribution < -0.4 is 15.0 Å². The van der Waals surface area contributed by atoms with Gasteiger partial charge in [0, 0.05) is 0 Å². The molecule has 1 aromatic carbocycles. The van der Waals surface area contributed by atoms with Gasteiger partial charge in [-0.1, -0.05) is 6.92 Å². The molecular weight excluding hydrogens is 338 g/mol. The van der Waals surface area contributed by atoms with E-state index in [9.17, 15) is 4.79 Å². The maximum absolute atomic E-state index is 12.5. The molecule has 0 aliphatic heterocycles. The normalized spacial score (nSPS) is 11.3. The minimum atomic E-state index is -0.171. The summed E-state index contributed by atoms with van der Waals surface area (Å²) in [6, 6.07) is 7.30. The minimum absolute atomic E-state index is 0.171. The quantitative estimate of drug-likeness (QED) is 0.634. The number of aromatic nitrogens is 2. The Hall–Kier alpha value is -2.67. The maximum atomic E-state index is 12.5. The zero-order valence-electron chi connectivity index (χ0n) is 14.4. The number of aryl methyl sites for hydroxylation is 1. The van der Waals surface area contributed by atoms with E-state index in [0.29, 0.717) is 29.3 Å². The lowest BCUT2D eigenvalue weighted by molar-refractivity contribution is 0.294. The Morgan fingerprint density at radius 3 is 2.92 bits per heavy atom. The molecule has 0 saturated carbocycles. The van der Waals surface area contributed by atoms with Gasteiger partial charge in [-0.3, -0.25) is 4.79 Å². The van der Waals surface area contributed by atoms with Crippen LogP contribution in [0.5, 0.6) is 11.5 Å². The summed E-state index contributed by atoms with van der Waals surface area (Å²) in [6.07, 6.45) is 2.53. The fourth-order valence-electron chi connectivity index (χ4n) is 2.36. The van der Waals surface area contributed by atoms with E-state index in [1.165, 1.54) is 16.0 Å². The van der Waals surface area contributed by atoms with E-state index in [1.54, 1.807) is 26.3 Å². The Bertz CT molecular complexity index is 975. The number of ether oxygens (including phenoxy) is 2. The molecule has 0 bridgehead atoms. The Balaban J connectivity index is 1.93. The van der Waals surface area contributed by atoms with E-state index in [2.05, 4.69) is 10.1 Å². The van der Waals surface area contributed by atoms with Crippen LogP contribution in [0.4, 0.5) is 0 Å². The molecule has 2 aromatic heterocycles. The summed E-state index contributed by atoms with van der Waals surface area (Å²) >= 11 is 1.45. The third kappa shape index (κ3) is 3.56. The van der Waals surface area contributed by atoms with Gasteiger partial charge in [0.25, 0.3) is 5.56 Å². The van der Waals surface area contributed by atoms with Gasteiger partial charge in [0.15, 0.2) is 11.5 Å². The molecule has 3 aromatic rings. The summed E-state index contributed by atoms with van der Waals surface area (Å²) in [5, 5.41) is 6.73. The molecule has 0 saturated heterocycles. The number of methoxy groups -OCH3 is 1. The summed E-state index contributed by atoms with van der Waals surface area (Å²) in [5.41, 5.74) is 0.632. The molecule has 0 aliphatic rings. The van der Waals surface area contributed by atoms with Crippen LogP contribution in [-0.4, -0.2) is 29.6 Å². The number of thiophene rings is 1. The van der Waals surface area contributed by atoms with Crippen LogP contribution in [0.3, 0.4) is 0 Å². The van der Waals surface area contributed by atoms with Gasteiger partial charge in [-0.05, 0) is 48.6 Å². The van der Waals surface area contributed by atoms with Crippen molar-refractivity contribution in [3.05, 3.63) is 51.4 Å². The van der Waals surface area contributed by atoms with Crippen LogP contribution in [-0.2, 0) is 0 Å². The molecule has 2 heterocycles. The van der Waals surface area contributed by atoms with Crippen molar-refractivity contribution >= 4 is 27.8 Å². The van der Waals surface area contributed by atoms with Gasteiger partial charge in [0.2, 0.25) is 0 Å². The second kappa shape index (κ2) is 7.48. The molecule has 7 heteroatoms. The average Bonchev–Trinajstić information content (AvgIpc) is 3.08. The summed E-state index contributed by atoms with van der Waals surface area (Å²) < 4.78 is 12.3. The SMILES string of the molecule is CCCOc1ccc(C=Nn2c(C)nc3sccc3c2=O)cc1OC. The van der Waals surface area contributed by atoms with E-state index in [-0.39, 0.29) is 5.56 Å². The number of nitrogens with zero attached hydrogens (tertiary/aromatic N) is 3. The smallest absolute Gasteiger partial charge is 0.282 e. The molecule has 0 unspecified atom stereocenters. The molecule has 25 heavy (non-hydrogen) atoms. The van der Waals surface area contributed by atoms with Gasteiger partial charge in [0.1, 0.15) is 10.7 Å². The van der Waals surface area contributed by atoms with Crippen LogP contribution in [0.15, 0.2) is 39.5 Å². The number of hydrogen-bond donors (Lipinski definition) is 0. The number of fused-ring (bicyclic) bond motifs is 1. The van der Waals surface area contributed by atoms with Crippen LogP contribution >= 0.6 is 11.3 Å². The Kier molecular flexibility index (Phi) is 5.14. The molecule has 130 valence electrons. The molecule has 3 rings (SSSR count). The van der Waals surface area contributed by atoms with Gasteiger partial charge in [-0.25, -0.2) is 4.98 Å². The van der Waals surface area contributed by atoms with E-state index < -0.39 is 0 Å². The Morgan fingerprint density at radius 2 is 2.16 bits per heavy atom. The van der Waals surface area contributed by atoms with Crippen molar-refractivity contribution in [1.29, 1.82) is 0 Å². The van der Waals surface area contributed by atoms with Gasteiger partial charge >= 0.3 is 0 Å². The summed E-state index contributed by atoms with van der Waals surface area (Å²) in [4.78, 5) is 17.6. The van der Waals surface area contributed by atoms with Gasteiger partial charge in [-0.15, -0.1) is 11.3 Å². The van der Waals surface area contributed by atoms with E-state index >= 15 is 0 Å². The van der Waals surface area contributed by atoms with Gasteiger partial charge in [0.05, 0.1) is 25.3 Å². The summed E-state index contributed by atoms with van der Waals surface area (Å²) in [5.74, 6) is 1.87. The first-order chi connectivity index (χ1) is 12.1. The van der Waals surface area contributed by atoms with Crippen LogP contribution in [0, 0.1) is 6.92 Å². The van der Waals surface area contributed by atoms with E-state index in [0.717, 1.165) is 16.8 Å². The second-order valence-corrected chi connectivity index (χ2v) is 6.31. The first-order valence-corrected chi connectivity index (χ1v) is 8.84. The monoisotopic (exact) mass is 357 g/mol. The largest absolute Gasteiger partial charge is 0.493 e. The molecule has 0 amide bonds. The average molecular weight is 357 g/mol. The third-order valence-electron chi connectivity index (χ3n) is 3.61. The topological polar surface area (TPSA) is 65.7 Å². The number of hydrogen-bond acceptors (Lipinski definition) is 6. The molecule has 0 radical (unpaired) electrons. The highest BCUT2D eigenvalue weighted by Gasteiger charge is 2.08. The predicted octanol–water partition coefficient (Wildman–Crippen LogP) is 3.45. The molecule has 0 N–H and O–H groups in total. The number of benzene rings is 1. The van der Waals surface area contributed by atoms with Crippen LogP contribution in [0.2, 0.25) is 0 Å². The lowest BCUT2D eigenvalue weighted by Crippen LogP contribution is -2.19. The highest BCUT2D eigenvalue weighted by Crippen LogP contribution is 2.27. The summed E-state index contributed by atoms with van der Waals surface area (Å²) in [6.45, 7) is 4.44. The Morgan fingerprint density at radius 1 is 1.32 bits per heavy atom. The van der Waals surface area contributed by atoms with Crippen molar-refractivity contribution < 1.29 is 9.47 Å². The first-order valence-electron chi connectivity index (χ1n) is 7.96. The highest BCUT2D eigenvalue weighted by atomic mass is 32.1. The van der Waals surface area contributed by atoms with Crippen molar-refractivity contribution in [2.45, 2.75) is 20.3 Å². The van der Waals surface area contributed by atoms with Gasteiger partial charge in [-0.2, -0.15) is 9.78 Å². The van der Waals surface area contributed by atoms with Crippen molar-refractivity contribution in [2.24, 2.45) is 5.10 Å².